The molecule has 0 aromatic heterocycles. The van der Waals surface area contributed by atoms with Crippen molar-refractivity contribution in [1.82, 2.24) is 15.1 Å². The molecule has 2 unspecified atom stereocenters. The first-order valence-electron chi connectivity index (χ1n) is 11.9. The Labute approximate surface area is 200 Å². The van der Waals surface area contributed by atoms with E-state index >= 15 is 0 Å². The molecule has 2 fully saturated rings. The highest BCUT2D eigenvalue weighted by molar-refractivity contribution is 5.87. The van der Waals surface area contributed by atoms with E-state index < -0.39 is 29.7 Å². The van der Waals surface area contributed by atoms with E-state index in [1.165, 1.54) is 4.90 Å². The monoisotopic (exact) mass is 473 g/mol. The fraction of sp³-hybridized carbons (Fsp3) is 0.600. The quantitative estimate of drug-likeness (QED) is 0.656. The lowest BCUT2D eigenvalue weighted by atomic mass is 9.94. The number of benzene rings is 1. The lowest BCUT2D eigenvalue weighted by Crippen LogP contribution is -2.53. The minimum Gasteiger partial charge on any atom is -0.480 e. The van der Waals surface area contributed by atoms with Gasteiger partial charge in [-0.25, -0.2) is 9.59 Å². The molecule has 2 aliphatic heterocycles. The normalized spacial score (nSPS) is 20.0. The number of aliphatic carboxylic acids is 1. The molecular formula is C25H35N3O6. The van der Waals surface area contributed by atoms with Crippen molar-refractivity contribution in [2.45, 2.75) is 70.6 Å². The molecule has 186 valence electrons. The van der Waals surface area contributed by atoms with E-state index in [2.05, 4.69) is 5.32 Å². The number of nitrogens with one attached hydrogen (secondary N) is 1. The molecule has 0 spiro atoms. The van der Waals surface area contributed by atoms with Crippen molar-refractivity contribution >= 4 is 23.9 Å². The number of carboxylic acid groups (broad SMARTS) is 1. The molecule has 0 radical (unpaired) electrons. The van der Waals surface area contributed by atoms with Crippen LogP contribution >= 0.6 is 0 Å². The molecule has 9 nitrogen and oxygen atoms in total. The molecule has 2 saturated heterocycles. The smallest absolute Gasteiger partial charge is 0.408 e. The van der Waals surface area contributed by atoms with Crippen molar-refractivity contribution in [2.75, 3.05) is 19.6 Å². The molecule has 3 amide bonds. The number of amides is 3. The van der Waals surface area contributed by atoms with Crippen LogP contribution in [-0.2, 0) is 25.5 Å². The minimum absolute atomic E-state index is 0.135. The van der Waals surface area contributed by atoms with E-state index in [0.29, 0.717) is 51.7 Å². The summed E-state index contributed by atoms with van der Waals surface area (Å²) in [4.78, 5) is 53.3. The van der Waals surface area contributed by atoms with Crippen molar-refractivity contribution in [1.29, 1.82) is 0 Å². The van der Waals surface area contributed by atoms with Crippen LogP contribution in [0.5, 0.6) is 0 Å². The molecule has 2 N–H and O–H groups in total. The molecule has 0 aliphatic carbocycles. The summed E-state index contributed by atoms with van der Waals surface area (Å²) in [5.74, 6) is -1.61. The summed E-state index contributed by atoms with van der Waals surface area (Å²) in [6.07, 6.45) is 1.79. The number of hydrogen-bond donors (Lipinski definition) is 2. The molecule has 9 heteroatoms. The Morgan fingerprint density at radius 2 is 1.71 bits per heavy atom. The van der Waals surface area contributed by atoms with Crippen LogP contribution < -0.4 is 5.32 Å². The Balaban J connectivity index is 1.63. The predicted octanol–water partition coefficient (Wildman–Crippen LogP) is 2.44. The van der Waals surface area contributed by atoms with E-state index in [4.69, 9.17) is 4.74 Å². The lowest BCUT2D eigenvalue weighted by Gasteiger charge is -2.36. The fourth-order valence-electron chi connectivity index (χ4n) is 4.59. The topological polar surface area (TPSA) is 116 Å². The standard InChI is InChI=1S/C25H35N3O6/c1-25(2,3)34-24(33)26-19(16-17-8-5-4-6-9-17)22(30)27-14-11-18(12-15-27)21(29)28-13-7-10-20(28)23(31)32/h4-6,8-9,18-20H,7,10-16H2,1-3H3,(H,26,33)(H,31,32). The highest BCUT2D eigenvalue weighted by Gasteiger charge is 2.39. The van der Waals surface area contributed by atoms with Gasteiger partial charge in [-0.3, -0.25) is 9.59 Å². The van der Waals surface area contributed by atoms with Crippen LogP contribution in [0.3, 0.4) is 0 Å². The largest absolute Gasteiger partial charge is 0.480 e. The summed E-state index contributed by atoms with van der Waals surface area (Å²) < 4.78 is 5.36. The first kappa shape index (κ1) is 25.5. The van der Waals surface area contributed by atoms with Crippen LogP contribution in [0.15, 0.2) is 30.3 Å². The number of nitrogens with zero attached hydrogens (tertiary/aromatic N) is 2. The zero-order valence-electron chi connectivity index (χ0n) is 20.2. The number of rotatable bonds is 6. The molecule has 2 aliphatic rings. The predicted molar refractivity (Wildman–Crippen MR) is 125 cm³/mol. The number of carboxylic acids is 1. The average molecular weight is 474 g/mol. The number of likely N-dealkylation sites (tertiary alicyclic amines) is 2. The molecular weight excluding hydrogens is 438 g/mol. The maximum Gasteiger partial charge on any atom is 0.408 e. The molecule has 2 heterocycles. The Morgan fingerprint density at radius 3 is 2.29 bits per heavy atom. The van der Waals surface area contributed by atoms with Gasteiger partial charge in [-0.1, -0.05) is 30.3 Å². The van der Waals surface area contributed by atoms with Crippen molar-refractivity contribution in [3.8, 4) is 0 Å². The first-order valence-corrected chi connectivity index (χ1v) is 11.9. The van der Waals surface area contributed by atoms with Crippen molar-refractivity contribution in [3.05, 3.63) is 35.9 Å². The van der Waals surface area contributed by atoms with Crippen molar-refractivity contribution in [3.63, 3.8) is 0 Å². The summed E-state index contributed by atoms with van der Waals surface area (Å²) in [7, 11) is 0. The van der Waals surface area contributed by atoms with E-state index in [9.17, 15) is 24.3 Å². The molecule has 34 heavy (non-hydrogen) atoms. The van der Waals surface area contributed by atoms with Gasteiger partial charge in [0.15, 0.2) is 0 Å². The number of carbonyl (C=O) groups excluding carboxylic acids is 3. The van der Waals surface area contributed by atoms with Gasteiger partial charge in [-0.15, -0.1) is 0 Å². The zero-order chi connectivity index (χ0) is 24.9. The minimum atomic E-state index is -0.963. The number of piperidine rings is 1. The second-order valence-electron chi connectivity index (χ2n) is 10.0. The maximum atomic E-state index is 13.4. The number of ether oxygens (including phenoxy) is 1. The second kappa shape index (κ2) is 10.9. The number of carbonyl (C=O) groups is 4. The van der Waals surface area contributed by atoms with E-state index in [-0.39, 0.29) is 17.7 Å². The Kier molecular flexibility index (Phi) is 8.17. The van der Waals surface area contributed by atoms with Crippen molar-refractivity contribution in [2.24, 2.45) is 5.92 Å². The summed E-state index contributed by atoms with van der Waals surface area (Å²) in [5, 5.41) is 12.1. The third-order valence-electron chi connectivity index (χ3n) is 6.25. The van der Waals surface area contributed by atoms with Crippen LogP contribution in [0.4, 0.5) is 4.79 Å². The van der Waals surface area contributed by atoms with Gasteiger partial charge in [0, 0.05) is 32.0 Å². The van der Waals surface area contributed by atoms with Gasteiger partial charge in [-0.2, -0.15) is 0 Å². The third-order valence-corrected chi connectivity index (χ3v) is 6.25. The molecule has 1 aromatic rings. The molecule has 0 bridgehead atoms. The zero-order valence-corrected chi connectivity index (χ0v) is 20.2. The summed E-state index contributed by atoms with van der Waals surface area (Å²) >= 11 is 0. The highest BCUT2D eigenvalue weighted by Crippen LogP contribution is 2.26. The summed E-state index contributed by atoms with van der Waals surface area (Å²) in [5.41, 5.74) is 0.225. The SMILES string of the molecule is CC(C)(C)OC(=O)NC(Cc1ccccc1)C(=O)N1CCC(C(=O)N2CCCC2C(=O)O)CC1. The molecule has 3 rings (SSSR count). The van der Waals surface area contributed by atoms with E-state index in [1.54, 1.807) is 25.7 Å². The van der Waals surface area contributed by atoms with Gasteiger partial charge < -0.3 is 25.0 Å². The van der Waals surface area contributed by atoms with Crippen LogP contribution in [0, 0.1) is 5.92 Å². The van der Waals surface area contributed by atoms with Crippen LogP contribution in [0.25, 0.3) is 0 Å². The van der Waals surface area contributed by atoms with Crippen molar-refractivity contribution < 1.29 is 29.0 Å². The average Bonchev–Trinajstić information content (AvgIpc) is 3.27. The maximum absolute atomic E-state index is 13.4. The highest BCUT2D eigenvalue weighted by atomic mass is 16.6. The van der Waals surface area contributed by atoms with Gasteiger partial charge >= 0.3 is 12.1 Å². The van der Waals surface area contributed by atoms with Gasteiger partial charge in [-0.05, 0) is 52.0 Å². The molecule has 0 saturated carbocycles. The van der Waals surface area contributed by atoms with Crippen LogP contribution in [0.1, 0.15) is 52.0 Å². The fourth-order valence-corrected chi connectivity index (χ4v) is 4.59. The number of hydrogen-bond acceptors (Lipinski definition) is 5. The van der Waals surface area contributed by atoms with Crippen LogP contribution in [-0.4, -0.2) is 76.1 Å². The first-order chi connectivity index (χ1) is 16.0. The van der Waals surface area contributed by atoms with Gasteiger partial charge in [0.25, 0.3) is 0 Å². The second-order valence-corrected chi connectivity index (χ2v) is 10.0. The van der Waals surface area contributed by atoms with Gasteiger partial charge in [0.2, 0.25) is 11.8 Å². The summed E-state index contributed by atoms with van der Waals surface area (Å²) in [6.45, 7) is 6.51. The molecule has 2 atom stereocenters. The lowest BCUT2D eigenvalue weighted by molar-refractivity contribution is -0.151. The van der Waals surface area contributed by atoms with Gasteiger partial charge in [0.1, 0.15) is 17.7 Å². The summed E-state index contributed by atoms with van der Waals surface area (Å²) in [6, 6.07) is 7.90. The Hall–Kier alpha value is -3.10. The Bertz CT molecular complexity index is 890. The van der Waals surface area contributed by atoms with E-state index in [1.807, 2.05) is 30.3 Å². The van der Waals surface area contributed by atoms with Crippen LogP contribution in [0.2, 0.25) is 0 Å². The Morgan fingerprint density at radius 1 is 1.06 bits per heavy atom. The van der Waals surface area contributed by atoms with E-state index in [0.717, 1.165) is 5.56 Å². The third kappa shape index (κ3) is 6.71. The molecule has 1 aromatic carbocycles. The van der Waals surface area contributed by atoms with Gasteiger partial charge in [0.05, 0.1) is 0 Å². The number of alkyl carbamates (subject to hydrolysis) is 1.